The molecule has 2 aromatic rings. The average molecular weight is 286 g/mol. The monoisotopic (exact) mass is 286 g/mol. The number of anilines is 1. The van der Waals surface area contributed by atoms with Gasteiger partial charge < -0.3 is 15.2 Å². The number of ether oxygens (including phenoxy) is 1. The van der Waals surface area contributed by atoms with E-state index >= 15 is 0 Å². The highest BCUT2D eigenvalue weighted by molar-refractivity contribution is 5.92. The van der Waals surface area contributed by atoms with Crippen LogP contribution in [-0.4, -0.2) is 29.8 Å². The molecule has 2 atom stereocenters. The second kappa shape index (κ2) is 6.31. The molecule has 112 valence electrons. The molecule has 2 unspecified atom stereocenters. The normalized spacial score (nSPS) is 22.2. The Balaban J connectivity index is 1.79. The molecule has 0 aliphatic heterocycles. The van der Waals surface area contributed by atoms with Crippen molar-refractivity contribution in [2.75, 3.05) is 19.0 Å². The van der Waals surface area contributed by atoms with Crippen LogP contribution in [0, 0.1) is 5.92 Å². The Morgan fingerprint density at radius 1 is 1.29 bits per heavy atom. The molecule has 1 heterocycles. The number of nitrogens with zero attached hydrogens (tertiary/aromatic N) is 1. The van der Waals surface area contributed by atoms with Gasteiger partial charge in [0.25, 0.3) is 0 Å². The molecule has 0 saturated heterocycles. The number of fused-ring (bicyclic) bond motifs is 1. The van der Waals surface area contributed by atoms with Crippen molar-refractivity contribution in [3.05, 3.63) is 30.5 Å². The quantitative estimate of drug-likeness (QED) is 0.906. The van der Waals surface area contributed by atoms with Crippen molar-refractivity contribution in [2.24, 2.45) is 5.92 Å². The summed E-state index contributed by atoms with van der Waals surface area (Å²) in [5, 5.41) is 15.7. The van der Waals surface area contributed by atoms with Gasteiger partial charge in [0.2, 0.25) is 0 Å². The molecule has 1 aromatic carbocycles. The predicted octanol–water partition coefficient (Wildman–Crippen LogP) is 3.21. The van der Waals surface area contributed by atoms with Gasteiger partial charge in [0, 0.05) is 24.0 Å². The fourth-order valence-electron chi connectivity index (χ4n) is 3.07. The van der Waals surface area contributed by atoms with Crippen LogP contribution in [0.2, 0.25) is 0 Å². The van der Waals surface area contributed by atoms with E-state index in [-0.39, 0.29) is 6.10 Å². The molecule has 4 heteroatoms. The minimum atomic E-state index is -0.184. The van der Waals surface area contributed by atoms with E-state index in [0.717, 1.165) is 48.1 Å². The van der Waals surface area contributed by atoms with Gasteiger partial charge in [-0.15, -0.1) is 0 Å². The summed E-state index contributed by atoms with van der Waals surface area (Å²) in [5.74, 6) is 2.02. The third-order valence-electron chi connectivity index (χ3n) is 4.37. The van der Waals surface area contributed by atoms with E-state index < -0.39 is 0 Å². The lowest BCUT2D eigenvalue weighted by Crippen LogP contribution is -2.30. The van der Waals surface area contributed by atoms with Gasteiger partial charge >= 0.3 is 0 Å². The average Bonchev–Trinajstić information content (AvgIpc) is 2.53. The van der Waals surface area contributed by atoms with Crippen molar-refractivity contribution >= 4 is 16.6 Å². The Morgan fingerprint density at radius 2 is 2.14 bits per heavy atom. The van der Waals surface area contributed by atoms with Crippen molar-refractivity contribution in [3.8, 4) is 5.75 Å². The first kappa shape index (κ1) is 14.1. The highest BCUT2D eigenvalue weighted by atomic mass is 16.5. The second-order valence-electron chi connectivity index (χ2n) is 5.74. The van der Waals surface area contributed by atoms with E-state index in [1.54, 1.807) is 7.11 Å². The zero-order valence-corrected chi connectivity index (χ0v) is 12.4. The van der Waals surface area contributed by atoms with Crippen LogP contribution >= 0.6 is 0 Å². The summed E-state index contributed by atoms with van der Waals surface area (Å²) in [5.41, 5.74) is 0. The Morgan fingerprint density at radius 3 is 2.95 bits per heavy atom. The minimum Gasteiger partial charge on any atom is -0.497 e. The van der Waals surface area contributed by atoms with Crippen LogP contribution < -0.4 is 10.1 Å². The second-order valence-corrected chi connectivity index (χ2v) is 5.74. The number of aliphatic hydroxyl groups excluding tert-OH is 1. The third-order valence-corrected chi connectivity index (χ3v) is 4.37. The first-order valence-electron chi connectivity index (χ1n) is 7.62. The van der Waals surface area contributed by atoms with Crippen molar-refractivity contribution in [3.63, 3.8) is 0 Å². The van der Waals surface area contributed by atoms with Crippen LogP contribution in [0.25, 0.3) is 10.8 Å². The topological polar surface area (TPSA) is 54.4 Å². The molecule has 4 nitrogen and oxygen atoms in total. The van der Waals surface area contributed by atoms with Crippen LogP contribution in [0.4, 0.5) is 5.82 Å². The van der Waals surface area contributed by atoms with Gasteiger partial charge in [0.05, 0.1) is 13.2 Å². The van der Waals surface area contributed by atoms with Crippen LogP contribution in [0.1, 0.15) is 25.7 Å². The summed E-state index contributed by atoms with van der Waals surface area (Å²) in [7, 11) is 1.67. The van der Waals surface area contributed by atoms with Gasteiger partial charge in [-0.1, -0.05) is 18.9 Å². The number of aliphatic hydroxyl groups is 1. The van der Waals surface area contributed by atoms with Crippen molar-refractivity contribution in [2.45, 2.75) is 31.8 Å². The van der Waals surface area contributed by atoms with Crippen molar-refractivity contribution in [1.82, 2.24) is 4.98 Å². The van der Waals surface area contributed by atoms with Gasteiger partial charge in [-0.2, -0.15) is 0 Å². The Labute approximate surface area is 125 Å². The first-order chi connectivity index (χ1) is 10.3. The number of pyridine rings is 1. The van der Waals surface area contributed by atoms with Crippen molar-refractivity contribution in [1.29, 1.82) is 0 Å². The van der Waals surface area contributed by atoms with E-state index in [9.17, 15) is 5.11 Å². The zero-order chi connectivity index (χ0) is 14.7. The molecular weight excluding hydrogens is 264 g/mol. The molecule has 0 amide bonds. The summed E-state index contributed by atoms with van der Waals surface area (Å²) in [4.78, 5) is 4.44. The number of methoxy groups -OCH3 is 1. The SMILES string of the molecule is COc1ccc2ccnc(NCC3CCCCC3O)c2c1. The molecule has 3 rings (SSSR count). The highest BCUT2D eigenvalue weighted by Crippen LogP contribution is 2.28. The van der Waals surface area contributed by atoms with E-state index in [4.69, 9.17) is 4.74 Å². The maximum atomic E-state index is 10.1. The number of nitrogens with one attached hydrogen (secondary N) is 1. The van der Waals surface area contributed by atoms with E-state index in [1.807, 2.05) is 30.5 Å². The summed E-state index contributed by atoms with van der Waals surface area (Å²) in [6.45, 7) is 0.768. The fourth-order valence-corrected chi connectivity index (χ4v) is 3.07. The molecular formula is C17H22N2O2. The van der Waals surface area contributed by atoms with Crippen LogP contribution in [0.15, 0.2) is 30.5 Å². The Kier molecular flexibility index (Phi) is 4.25. The van der Waals surface area contributed by atoms with Gasteiger partial charge in [0.1, 0.15) is 11.6 Å². The number of benzene rings is 1. The number of hydrogen-bond acceptors (Lipinski definition) is 4. The van der Waals surface area contributed by atoms with Gasteiger partial charge in [0.15, 0.2) is 0 Å². The number of hydrogen-bond donors (Lipinski definition) is 2. The Bertz CT molecular complexity index is 615. The van der Waals surface area contributed by atoms with E-state index in [1.165, 1.54) is 6.42 Å². The number of aromatic nitrogens is 1. The van der Waals surface area contributed by atoms with Gasteiger partial charge in [-0.3, -0.25) is 0 Å². The number of rotatable bonds is 4. The largest absolute Gasteiger partial charge is 0.497 e. The van der Waals surface area contributed by atoms with Gasteiger partial charge in [-0.25, -0.2) is 4.98 Å². The maximum absolute atomic E-state index is 10.1. The van der Waals surface area contributed by atoms with E-state index in [0.29, 0.717) is 5.92 Å². The standard InChI is InChI=1S/C17H22N2O2/c1-21-14-7-6-12-8-9-18-17(15(12)10-14)19-11-13-4-2-3-5-16(13)20/h6-10,13,16,20H,2-5,11H2,1H3,(H,18,19). The molecule has 0 spiro atoms. The lowest BCUT2D eigenvalue weighted by Gasteiger charge is -2.27. The maximum Gasteiger partial charge on any atom is 0.133 e. The Hall–Kier alpha value is -1.81. The van der Waals surface area contributed by atoms with Crippen LogP contribution in [-0.2, 0) is 0 Å². The molecule has 0 bridgehead atoms. The molecule has 1 aliphatic carbocycles. The molecule has 2 N–H and O–H groups in total. The summed E-state index contributed by atoms with van der Waals surface area (Å²) >= 11 is 0. The summed E-state index contributed by atoms with van der Waals surface area (Å²) in [6, 6.07) is 7.99. The molecule has 1 aromatic heterocycles. The molecule has 1 fully saturated rings. The van der Waals surface area contributed by atoms with E-state index in [2.05, 4.69) is 10.3 Å². The summed E-state index contributed by atoms with van der Waals surface area (Å²) < 4.78 is 5.29. The summed E-state index contributed by atoms with van der Waals surface area (Å²) in [6.07, 6.45) is 5.98. The third kappa shape index (κ3) is 3.10. The molecule has 21 heavy (non-hydrogen) atoms. The lowest BCUT2D eigenvalue weighted by atomic mass is 9.86. The predicted molar refractivity (Wildman–Crippen MR) is 84.7 cm³/mol. The minimum absolute atomic E-state index is 0.184. The molecule has 0 radical (unpaired) electrons. The fraction of sp³-hybridized carbons (Fsp3) is 0.471. The first-order valence-corrected chi connectivity index (χ1v) is 7.62. The van der Waals surface area contributed by atoms with Gasteiger partial charge in [-0.05, 0) is 36.4 Å². The van der Waals surface area contributed by atoms with Crippen LogP contribution in [0.3, 0.4) is 0 Å². The van der Waals surface area contributed by atoms with Crippen molar-refractivity contribution < 1.29 is 9.84 Å². The molecule has 1 aliphatic rings. The highest BCUT2D eigenvalue weighted by Gasteiger charge is 2.22. The lowest BCUT2D eigenvalue weighted by molar-refractivity contribution is 0.0763. The van der Waals surface area contributed by atoms with Crippen LogP contribution in [0.5, 0.6) is 5.75 Å². The zero-order valence-electron chi connectivity index (χ0n) is 12.4. The smallest absolute Gasteiger partial charge is 0.133 e. The molecule has 1 saturated carbocycles.